The van der Waals surface area contributed by atoms with E-state index in [2.05, 4.69) is 31.9 Å². The third kappa shape index (κ3) is 0.854. The Bertz CT molecular complexity index is 338. The van der Waals surface area contributed by atoms with E-state index >= 15 is 0 Å². The second-order valence-electron chi connectivity index (χ2n) is 4.56. The molecule has 0 aliphatic heterocycles. The van der Waals surface area contributed by atoms with Crippen molar-refractivity contribution in [1.82, 2.24) is 9.78 Å². The predicted molar refractivity (Wildman–Crippen MR) is 53.2 cm³/mol. The molecule has 4 rings (SSSR count). The van der Waals surface area contributed by atoms with Gasteiger partial charge in [0.1, 0.15) is 0 Å². The van der Waals surface area contributed by atoms with Gasteiger partial charge in [-0.05, 0) is 47.2 Å². The average Bonchev–Trinajstić information content (AvgIpc) is 2.31. The fraction of sp³-hybridized carbons (Fsp3) is 0.667. The van der Waals surface area contributed by atoms with Crippen LogP contribution < -0.4 is 5.73 Å². The molecule has 4 heteroatoms. The first kappa shape index (κ1) is 8.00. The van der Waals surface area contributed by atoms with Gasteiger partial charge in [0.15, 0.2) is 0 Å². The van der Waals surface area contributed by atoms with Crippen molar-refractivity contribution < 1.29 is 0 Å². The van der Waals surface area contributed by atoms with Crippen molar-refractivity contribution in [3.05, 3.63) is 16.9 Å². The zero-order chi connectivity index (χ0) is 9.10. The molecule has 13 heavy (non-hydrogen) atoms. The van der Waals surface area contributed by atoms with Crippen LogP contribution in [0.5, 0.6) is 0 Å². The van der Waals surface area contributed by atoms with Gasteiger partial charge in [-0.25, -0.2) is 0 Å². The topological polar surface area (TPSA) is 43.8 Å². The highest BCUT2D eigenvalue weighted by Crippen LogP contribution is 2.70. The van der Waals surface area contributed by atoms with Gasteiger partial charge in [-0.15, -0.1) is 0 Å². The standard InChI is InChI=1S/C9H12BrN3/c10-7-1-12-13(2-7)9-3-8(4-9,5-9)6-11/h1-2H,3-6,11H2. The quantitative estimate of drug-likeness (QED) is 0.853. The Balaban J connectivity index is 1.84. The van der Waals surface area contributed by atoms with Crippen molar-refractivity contribution in [2.24, 2.45) is 11.1 Å². The first-order valence-corrected chi connectivity index (χ1v) is 5.38. The minimum atomic E-state index is 0.339. The van der Waals surface area contributed by atoms with Gasteiger partial charge in [0.05, 0.1) is 16.2 Å². The van der Waals surface area contributed by atoms with Crippen LogP contribution in [0.4, 0.5) is 0 Å². The summed E-state index contributed by atoms with van der Waals surface area (Å²) in [6.45, 7) is 0.844. The second kappa shape index (κ2) is 2.17. The molecule has 1 aromatic rings. The lowest BCUT2D eigenvalue weighted by Crippen LogP contribution is -2.70. The molecule has 0 radical (unpaired) electrons. The maximum absolute atomic E-state index is 5.71. The number of hydrogen-bond donors (Lipinski definition) is 1. The van der Waals surface area contributed by atoms with E-state index in [4.69, 9.17) is 5.73 Å². The molecule has 1 heterocycles. The molecule has 0 saturated heterocycles. The van der Waals surface area contributed by atoms with E-state index in [0.29, 0.717) is 11.0 Å². The Kier molecular flexibility index (Phi) is 1.34. The molecule has 3 aliphatic carbocycles. The number of hydrogen-bond acceptors (Lipinski definition) is 2. The van der Waals surface area contributed by atoms with Crippen LogP contribution in [0.2, 0.25) is 0 Å². The highest BCUT2D eigenvalue weighted by molar-refractivity contribution is 9.10. The monoisotopic (exact) mass is 241 g/mol. The Morgan fingerprint density at radius 3 is 2.69 bits per heavy atom. The van der Waals surface area contributed by atoms with Crippen molar-refractivity contribution in [3.8, 4) is 0 Å². The SMILES string of the molecule is NCC12CC(n3cc(Br)cn3)(C1)C2. The molecule has 3 aliphatic rings. The lowest BCUT2D eigenvalue weighted by atomic mass is 9.39. The summed E-state index contributed by atoms with van der Waals surface area (Å²) in [5.41, 5.74) is 6.53. The molecule has 0 unspecified atom stereocenters. The van der Waals surface area contributed by atoms with Crippen molar-refractivity contribution in [1.29, 1.82) is 0 Å². The minimum absolute atomic E-state index is 0.339. The predicted octanol–water partition coefficient (Wildman–Crippen LogP) is 1.48. The summed E-state index contributed by atoms with van der Waals surface area (Å²) in [6.07, 6.45) is 7.61. The largest absolute Gasteiger partial charge is 0.330 e. The van der Waals surface area contributed by atoms with Crippen LogP contribution in [0.1, 0.15) is 19.3 Å². The first-order valence-electron chi connectivity index (χ1n) is 4.59. The summed E-state index contributed by atoms with van der Waals surface area (Å²) in [5.74, 6) is 0. The molecule has 2 bridgehead atoms. The summed E-state index contributed by atoms with van der Waals surface area (Å²) >= 11 is 3.42. The third-order valence-corrected chi connectivity index (χ3v) is 3.99. The van der Waals surface area contributed by atoms with Crippen molar-refractivity contribution in [2.75, 3.05) is 6.54 Å². The fourth-order valence-electron chi connectivity index (χ4n) is 2.96. The molecule has 1 aromatic heterocycles. The van der Waals surface area contributed by atoms with Gasteiger partial charge in [0.2, 0.25) is 0 Å². The molecule has 3 saturated carbocycles. The third-order valence-electron chi connectivity index (χ3n) is 3.58. The number of halogens is 1. The molecule has 3 nitrogen and oxygen atoms in total. The minimum Gasteiger partial charge on any atom is -0.330 e. The van der Waals surface area contributed by atoms with Crippen molar-refractivity contribution >= 4 is 15.9 Å². The molecule has 3 fully saturated rings. The van der Waals surface area contributed by atoms with Crippen molar-refractivity contribution in [2.45, 2.75) is 24.8 Å². The average molecular weight is 242 g/mol. The van der Waals surface area contributed by atoms with Gasteiger partial charge in [-0.3, -0.25) is 4.68 Å². The van der Waals surface area contributed by atoms with E-state index in [1.54, 1.807) is 0 Å². The molecule has 0 atom stereocenters. The lowest BCUT2D eigenvalue weighted by Gasteiger charge is -2.70. The van der Waals surface area contributed by atoms with Gasteiger partial charge in [-0.1, -0.05) is 0 Å². The molecule has 0 amide bonds. The summed E-state index contributed by atoms with van der Waals surface area (Å²) in [5, 5.41) is 4.34. The molecular weight excluding hydrogens is 230 g/mol. The molecular formula is C9H12BrN3. The summed E-state index contributed by atoms with van der Waals surface area (Å²) < 4.78 is 3.17. The lowest BCUT2D eigenvalue weighted by molar-refractivity contribution is -0.185. The molecule has 0 aromatic carbocycles. The molecule has 0 spiro atoms. The Morgan fingerprint density at radius 2 is 2.23 bits per heavy atom. The maximum atomic E-state index is 5.71. The van der Waals surface area contributed by atoms with Crippen molar-refractivity contribution in [3.63, 3.8) is 0 Å². The zero-order valence-corrected chi connectivity index (χ0v) is 8.92. The van der Waals surface area contributed by atoms with Crippen LogP contribution in [0.25, 0.3) is 0 Å². The molecule has 2 N–H and O–H groups in total. The van der Waals surface area contributed by atoms with Crippen LogP contribution in [0.3, 0.4) is 0 Å². The van der Waals surface area contributed by atoms with E-state index in [9.17, 15) is 0 Å². The summed E-state index contributed by atoms with van der Waals surface area (Å²) in [7, 11) is 0. The van der Waals surface area contributed by atoms with E-state index in [1.807, 2.05) is 6.20 Å². The Labute approximate surface area is 85.4 Å². The highest BCUT2D eigenvalue weighted by atomic mass is 79.9. The summed E-state index contributed by atoms with van der Waals surface area (Å²) in [4.78, 5) is 0. The molecule has 70 valence electrons. The van der Waals surface area contributed by atoms with Gasteiger partial charge >= 0.3 is 0 Å². The van der Waals surface area contributed by atoms with Crippen LogP contribution in [-0.4, -0.2) is 16.3 Å². The van der Waals surface area contributed by atoms with Gasteiger partial charge < -0.3 is 5.73 Å². The van der Waals surface area contributed by atoms with Gasteiger partial charge in [-0.2, -0.15) is 5.10 Å². The normalized spacial score (nSPS) is 41.1. The maximum Gasteiger partial charge on any atom is 0.0645 e. The van der Waals surface area contributed by atoms with E-state index < -0.39 is 0 Å². The summed E-state index contributed by atoms with van der Waals surface area (Å²) in [6, 6.07) is 0. The number of nitrogens with two attached hydrogens (primary N) is 1. The van der Waals surface area contributed by atoms with E-state index in [1.165, 1.54) is 19.3 Å². The number of rotatable bonds is 2. The first-order chi connectivity index (χ1) is 6.18. The van der Waals surface area contributed by atoms with Gasteiger partial charge in [0, 0.05) is 6.20 Å². The zero-order valence-electron chi connectivity index (χ0n) is 7.33. The van der Waals surface area contributed by atoms with Crippen LogP contribution in [0, 0.1) is 5.41 Å². The fourth-order valence-corrected chi connectivity index (χ4v) is 3.24. The number of aromatic nitrogens is 2. The van der Waals surface area contributed by atoms with Gasteiger partial charge in [0.25, 0.3) is 0 Å². The number of nitrogens with zero attached hydrogens (tertiary/aromatic N) is 2. The Morgan fingerprint density at radius 1 is 1.54 bits per heavy atom. The second-order valence-corrected chi connectivity index (χ2v) is 5.48. The van der Waals surface area contributed by atoms with E-state index in [-0.39, 0.29) is 0 Å². The highest BCUT2D eigenvalue weighted by Gasteiger charge is 2.68. The van der Waals surface area contributed by atoms with Crippen LogP contribution in [0.15, 0.2) is 16.9 Å². The van der Waals surface area contributed by atoms with E-state index in [0.717, 1.165) is 11.0 Å². The van der Waals surface area contributed by atoms with Crippen LogP contribution in [-0.2, 0) is 5.54 Å². The Hall–Kier alpha value is -0.350. The van der Waals surface area contributed by atoms with Crippen LogP contribution >= 0.6 is 15.9 Å². The smallest absolute Gasteiger partial charge is 0.0645 e.